The van der Waals surface area contributed by atoms with Gasteiger partial charge in [0, 0.05) is 10.6 Å². The van der Waals surface area contributed by atoms with Gasteiger partial charge >= 0.3 is 5.97 Å². The van der Waals surface area contributed by atoms with Crippen molar-refractivity contribution in [3.8, 4) is 0 Å². The summed E-state index contributed by atoms with van der Waals surface area (Å²) >= 11 is 1.75. The summed E-state index contributed by atoms with van der Waals surface area (Å²) in [7, 11) is 1.38. The highest BCUT2D eigenvalue weighted by atomic mass is 32.2. The molecule has 0 fully saturated rings. The number of carbonyl (C=O) groups is 1. The van der Waals surface area contributed by atoms with Crippen molar-refractivity contribution in [3.63, 3.8) is 0 Å². The van der Waals surface area contributed by atoms with Gasteiger partial charge in [0.15, 0.2) is 0 Å². The maximum Gasteiger partial charge on any atom is 0.325 e. The second-order valence-electron chi connectivity index (χ2n) is 5.29. The third kappa shape index (κ3) is 3.51. The van der Waals surface area contributed by atoms with Crippen LogP contribution in [0.5, 0.6) is 0 Å². The minimum absolute atomic E-state index is 0.345. The highest BCUT2D eigenvalue weighted by Crippen LogP contribution is 2.28. The van der Waals surface area contributed by atoms with E-state index in [1.807, 2.05) is 0 Å². The smallest absolute Gasteiger partial charge is 0.325 e. The van der Waals surface area contributed by atoms with Gasteiger partial charge in [0.2, 0.25) is 0 Å². The Balaban J connectivity index is 1.88. The molecule has 1 atom stereocenters. The fourth-order valence-electron chi connectivity index (χ4n) is 2.35. The van der Waals surface area contributed by atoms with Crippen molar-refractivity contribution >= 4 is 17.7 Å². The summed E-state index contributed by atoms with van der Waals surface area (Å²) in [4.78, 5) is 12.7. The molecule has 0 saturated carbocycles. The first-order valence-electron chi connectivity index (χ1n) is 6.65. The van der Waals surface area contributed by atoms with Gasteiger partial charge in [-0.15, -0.1) is 11.8 Å². The maximum absolute atomic E-state index is 11.5. The number of carbonyl (C=O) groups excluding carboxylic acids is 1. The Labute approximate surface area is 118 Å². The van der Waals surface area contributed by atoms with Gasteiger partial charge < -0.3 is 10.5 Å². The SMILES string of the molecule is COC(=O)C(C)(N)CCSc1ccc2c(c1)CCC2. The molecule has 0 heterocycles. The van der Waals surface area contributed by atoms with E-state index in [2.05, 4.69) is 18.2 Å². The Morgan fingerprint density at radius 1 is 1.42 bits per heavy atom. The second-order valence-corrected chi connectivity index (χ2v) is 6.46. The number of rotatable bonds is 5. The first-order chi connectivity index (χ1) is 9.03. The largest absolute Gasteiger partial charge is 0.468 e. The summed E-state index contributed by atoms with van der Waals surface area (Å²) in [6.07, 6.45) is 4.29. The second kappa shape index (κ2) is 5.97. The van der Waals surface area contributed by atoms with E-state index in [0.29, 0.717) is 6.42 Å². The Morgan fingerprint density at radius 3 is 2.89 bits per heavy atom. The third-order valence-corrected chi connectivity index (χ3v) is 4.61. The minimum Gasteiger partial charge on any atom is -0.468 e. The first-order valence-corrected chi connectivity index (χ1v) is 7.63. The fraction of sp³-hybridized carbons (Fsp3) is 0.533. The van der Waals surface area contributed by atoms with Gasteiger partial charge in [0.05, 0.1) is 7.11 Å². The molecule has 1 aliphatic rings. The van der Waals surface area contributed by atoms with Crippen molar-refractivity contribution in [2.24, 2.45) is 5.73 Å². The Kier molecular flexibility index (Phi) is 4.53. The number of thioether (sulfide) groups is 1. The topological polar surface area (TPSA) is 52.3 Å². The predicted octanol–water partition coefficient (Wildman–Crippen LogP) is 2.55. The summed E-state index contributed by atoms with van der Waals surface area (Å²) in [6.45, 7) is 1.72. The van der Waals surface area contributed by atoms with E-state index in [1.54, 1.807) is 18.7 Å². The molecule has 1 aromatic rings. The van der Waals surface area contributed by atoms with Crippen LogP contribution in [0.4, 0.5) is 0 Å². The van der Waals surface area contributed by atoms with Crippen molar-refractivity contribution in [2.75, 3.05) is 12.9 Å². The zero-order chi connectivity index (χ0) is 13.9. The van der Waals surface area contributed by atoms with Gasteiger partial charge in [-0.3, -0.25) is 4.79 Å². The number of ether oxygens (including phenoxy) is 1. The molecule has 104 valence electrons. The lowest BCUT2D eigenvalue weighted by Crippen LogP contribution is -2.46. The van der Waals surface area contributed by atoms with Crippen molar-refractivity contribution in [3.05, 3.63) is 29.3 Å². The average Bonchev–Trinajstić information content (AvgIpc) is 2.84. The molecular formula is C15H21NO2S. The van der Waals surface area contributed by atoms with E-state index in [4.69, 9.17) is 10.5 Å². The minimum atomic E-state index is -0.890. The molecule has 0 spiro atoms. The fourth-order valence-corrected chi connectivity index (χ4v) is 3.51. The lowest BCUT2D eigenvalue weighted by atomic mass is 10.0. The zero-order valence-corrected chi connectivity index (χ0v) is 12.4. The van der Waals surface area contributed by atoms with E-state index in [-0.39, 0.29) is 5.97 Å². The molecule has 0 bridgehead atoms. The van der Waals surface area contributed by atoms with Gasteiger partial charge in [-0.25, -0.2) is 0 Å². The standard InChI is InChI=1S/C15H21NO2S/c1-15(16,14(17)18-2)8-9-19-13-7-6-11-4-3-5-12(11)10-13/h6-7,10H,3-5,8-9,16H2,1-2H3. The van der Waals surface area contributed by atoms with Gasteiger partial charge in [-0.2, -0.15) is 0 Å². The Bertz CT molecular complexity index is 471. The zero-order valence-electron chi connectivity index (χ0n) is 11.6. The van der Waals surface area contributed by atoms with Crippen LogP contribution >= 0.6 is 11.8 Å². The highest BCUT2D eigenvalue weighted by molar-refractivity contribution is 7.99. The van der Waals surface area contributed by atoms with Crippen molar-refractivity contribution in [1.29, 1.82) is 0 Å². The summed E-state index contributed by atoms with van der Waals surface area (Å²) in [5.74, 6) is 0.475. The van der Waals surface area contributed by atoms with Crippen LogP contribution in [0.25, 0.3) is 0 Å². The molecular weight excluding hydrogens is 258 g/mol. The molecule has 0 aliphatic heterocycles. The summed E-state index contributed by atoms with van der Waals surface area (Å²) in [5, 5.41) is 0. The van der Waals surface area contributed by atoms with E-state index in [1.165, 1.54) is 42.4 Å². The predicted molar refractivity (Wildman–Crippen MR) is 78.4 cm³/mol. The summed E-state index contributed by atoms with van der Waals surface area (Å²) in [6, 6.07) is 6.67. The number of fused-ring (bicyclic) bond motifs is 1. The lowest BCUT2D eigenvalue weighted by Gasteiger charge is -2.20. The molecule has 2 rings (SSSR count). The summed E-state index contributed by atoms with van der Waals surface area (Å²) in [5.41, 5.74) is 8.02. The van der Waals surface area contributed by atoms with Crippen LogP contribution < -0.4 is 5.73 Å². The van der Waals surface area contributed by atoms with Crippen LogP contribution in [-0.2, 0) is 22.4 Å². The number of esters is 1. The normalized spacial score (nSPS) is 16.8. The van der Waals surface area contributed by atoms with Crippen LogP contribution in [0, 0.1) is 0 Å². The molecule has 0 aromatic heterocycles. The number of nitrogens with two attached hydrogens (primary N) is 1. The van der Waals surface area contributed by atoms with Crippen LogP contribution in [0.2, 0.25) is 0 Å². The Hall–Kier alpha value is -1.00. The van der Waals surface area contributed by atoms with Gasteiger partial charge in [0.25, 0.3) is 0 Å². The molecule has 1 unspecified atom stereocenters. The van der Waals surface area contributed by atoms with E-state index in [0.717, 1.165) is 5.75 Å². The van der Waals surface area contributed by atoms with Crippen LogP contribution in [0.1, 0.15) is 30.9 Å². The number of aryl methyl sites for hydroxylation is 2. The molecule has 3 nitrogen and oxygen atoms in total. The molecule has 1 aromatic carbocycles. The molecule has 0 radical (unpaired) electrons. The number of methoxy groups -OCH3 is 1. The van der Waals surface area contributed by atoms with Crippen molar-refractivity contribution in [2.45, 2.75) is 43.0 Å². The van der Waals surface area contributed by atoms with E-state index >= 15 is 0 Å². The van der Waals surface area contributed by atoms with Gasteiger partial charge in [0.1, 0.15) is 5.54 Å². The first kappa shape index (κ1) is 14.4. The van der Waals surface area contributed by atoms with Crippen molar-refractivity contribution < 1.29 is 9.53 Å². The van der Waals surface area contributed by atoms with E-state index < -0.39 is 5.54 Å². The number of benzene rings is 1. The van der Waals surface area contributed by atoms with Gasteiger partial charge in [-0.05, 0) is 55.9 Å². The van der Waals surface area contributed by atoms with Crippen LogP contribution in [0.3, 0.4) is 0 Å². The number of hydrogen-bond acceptors (Lipinski definition) is 4. The highest BCUT2D eigenvalue weighted by Gasteiger charge is 2.28. The quantitative estimate of drug-likeness (QED) is 0.665. The monoisotopic (exact) mass is 279 g/mol. The van der Waals surface area contributed by atoms with E-state index in [9.17, 15) is 4.79 Å². The average molecular weight is 279 g/mol. The molecule has 0 amide bonds. The lowest BCUT2D eigenvalue weighted by molar-refractivity contribution is -0.146. The number of hydrogen-bond donors (Lipinski definition) is 1. The third-order valence-electron chi connectivity index (χ3n) is 3.61. The molecule has 19 heavy (non-hydrogen) atoms. The molecule has 4 heteroatoms. The molecule has 1 aliphatic carbocycles. The Morgan fingerprint density at radius 2 is 2.16 bits per heavy atom. The van der Waals surface area contributed by atoms with Gasteiger partial charge in [-0.1, -0.05) is 6.07 Å². The van der Waals surface area contributed by atoms with Crippen molar-refractivity contribution in [1.82, 2.24) is 0 Å². The maximum atomic E-state index is 11.5. The molecule has 0 saturated heterocycles. The summed E-state index contributed by atoms with van der Waals surface area (Å²) < 4.78 is 4.71. The van der Waals surface area contributed by atoms with Crippen LogP contribution in [0.15, 0.2) is 23.1 Å². The van der Waals surface area contributed by atoms with Crippen LogP contribution in [-0.4, -0.2) is 24.4 Å². The molecule has 2 N–H and O–H groups in total.